The standard InChI is InChI=1S/C20H28N2O3/c23-17-11-16(12-17)20(15-4-5-18-14(10-15)6-9-25-18)21-19(24)13-22-7-2-1-3-8-22/h4-5,10,16-17,20,23H,1-3,6-9,11-13H2,(H,21,24)/t16?,17?,20-/m1/s1. The van der Waals surface area contributed by atoms with Gasteiger partial charge >= 0.3 is 0 Å². The number of aliphatic hydroxyl groups excluding tert-OH is 1. The Morgan fingerprint density at radius 2 is 2.08 bits per heavy atom. The molecule has 1 saturated carbocycles. The lowest BCUT2D eigenvalue weighted by atomic mass is 9.75. The third-order valence-electron chi connectivity index (χ3n) is 5.83. The maximum atomic E-state index is 12.6. The number of fused-ring (bicyclic) bond motifs is 1. The number of carbonyl (C=O) groups excluding carboxylic acids is 1. The molecule has 0 unspecified atom stereocenters. The number of likely N-dealkylation sites (tertiary alicyclic amines) is 1. The van der Waals surface area contributed by atoms with Crippen molar-refractivity contribution < 1.29 is 14.6 Å². The fourth-order valence-corrected chi connectivity index (χ4v) is 4.32. The van der Waals surface area contributed by atoms with E-state index in [2.05, 4.69) is 22.3 Å². The second-order valence-corrected chi connectivity index (χ2v) is 7.73. The quantitative estimate of drug-likeness (QED) is 0.858. The largest absolute Gasteiger partial charge is 0.493 e. The van der Waals surface area contributed by atoms with Crippen molar-refractivity contribution in [2.45, 2.75) is 50.7 Å². The van der Waals surface area contributed by atoms with Gasteiger partial charge in [-0.05, 0) is 68.0 Å². The number of nitrogens with zero attached hydrogens (tertiary/aromatic N) is 1. The summed E-state index contributed by atoms with van der Waals surface area (Å²) in [5, 5.41) is 13.0. The summed E-state index contributed by atoms with van der Waals surface area (Å²) in [5.41, 5.74) is 2.38. The Bertz CT molecular complexity index is 621. The van der Waals surface area contributed by atoms with Gasteiger partial charge in [0.25, 0.3) is 0 Å². The molecule has 1 amide bonds. The molecule has 0 radical (unpaired) electrons. The SMILES string of the molecule is O=C(CN1CCCCC1)N[C@H](c1ccc2c(c1)CCO2)C1CC(O)C1. The zero-order valence-corrected chi connectivity index (χ0v) is 14.7. The van der Waals surface area contributed by atoms with Gasteiger partial charge in [-0.3, -0.25) is 9.69 Å². The Morgan fingerprint density at radius 1 is 1.28 bits per heavy atom. The molecule has 4 rings (SSSR count). The molecule has 0 bridgehead atoms. The highest BCUT2D eigenvalue weighted by Crippen LogP contribution is 2.39. The number of ether oxygens (including phenoxy) is 1. The van der Waals surface area contributed by atoms with Gasteiger partial charge in [-0.2, -0.15) is 0 Å². The molecular weight excluding hydrogens is 316 g/mol. The third-order valence-corrected chi connectivity index (χ3v) is 5.83. The Morgan fingerprint density at radius 3 is 2.84 bits per heavy atom. The minimum Gasteiger partial charge on any atom is -0.493 e. The van der Waals surface area contributed by atoms with Gasteiger partial charge in [-0.1, -0.05) is 12.5 Å². The molecule has 1 atom stereocenters. The van der Waals surface area contributed by atoms with E-state index in [1.54, 1.807) is 0 Å². The minimum atomic E-state index is -0.218. The van der Waals surface area contributed by atoms with Crippen molar-refractivity contribution in [3.05, 3.63) is 29.3 Å². The first kappa shape index (κ1) is 16.9. The summed E-state index contributed by atoms with van der Waals surface area (Å²) >= 11 is 0. The number of carbonyl (C=O) groups is 1. The topological polar surface area (TPSA) is 61.8 Å². The molecule has 5 heteroatoms. The summed E-state index contributed by atoms with van der Waals surface area (Å²) in [6, 6.07) is 6.27. The fraction of sp³-hybridized carbons (Fsp3) is 0.650. The van der Waals surface area contributed by atoms with E-state index in [1.165, 1.54) is 24.8 Å². The number of aliphatic hydroxyl groups is 1. The molecule has 136 valence electrons. The van der Waals surface area contributed by atoms with Crippen LogP contribution in [0, 0.1) is 5.92 Å². The molecule has 1 aromatic rings. The third kappa shape index (κ3) is 3.82. The maximum Gasteiger partial charge on any atom is 0.234 e. The van der Waals surface area contributed by atoms with E-state index in [9.17, 15) is 9.90 Å². The molecule has 5 nitrogen and oxygen atoms in total. The summed E-state index contributed by atoms with van der Waals surface area (Å²) in [6.45, 7) is 3.28. The Kier molecular flexibility index (Phi) is 4.95. The smallest absolute Gasteiger partial charge is 0.234 e. The predicted molar refractivity (Wildman–Crippen MR) is 95.5 cm³/mol. The van der Waals surface area contributed by atoms with Crippen LogP contribution in [0.25, 0.3) is 0 Å². The number of rotatable bonds is 5. The van der Waals surface area contributed by atoms with Crippen LogP contribution >= 0.6 is 0 Å². The van der Waals surface area contributed by atoms with Crippen LogP contribution in [0.2, 0.25) is 0 Å². The van der Waals surface area contributed by atoms with Crippen molar-refractivity contribution in [1.82, 2.24) is 10.2 Å². The molecule has 0 spiro atoms. The summed E-state index contributed by atoms with van der Waals surface area (Å²) in [4.78, 5) is 14.9. The molecule has 2 N–H and O–H groups in total. The summed E-state index contributed by atoms with van der Waals surface area (Å²) in [5.74, 6) is 1.39. The average Bonchev–Trinajstić information content (AvgIpc) is 3.06. The van der Waals surface area contributed by atoms with E-state index in [4.69, 9.17) is 4.74 Å². The van der Waals surface area contributed by atoms with E-state index in [0.717, 1.165) is 50.3 Å². The lowest BCUT2D eigenvalue weighted by molar-refractivity contribution is -0.124. The predicted octanol–water partition coefficient (Wildman–Crippen LogP) is 2.04. The van der Waals surface area contributed by atoms with Gasteiger partial charge in [0.1, 0.15) is 5.75 Å². The summed E-state index contributed by atoms with van der Waals surface area (Å²) < 4.78 is 5.60. The van der Waals surface area contributed by atoms with Crippen molar-refractivity contribution in [2.75, 3.05) is 26.2 Å². The Labute approximate surface area is 149 Å². The van der Waals surface area contributed by atoms with E-state index >= 15 is 0 Å². The molecule has 25 heavy (non-hydrogen) atoms. The van der Waals surface area contributed by atoms with Crippen molar-refractivity contribution in [2.24, 2.45) is 5.92 Å². The zero-order chi connectivity index (χ0) is 17.2. The summed E-state index contributed by atoms with van der Waals surface area (Å²) in [7, 11) is 0. The first-order valence-corrected chi connectivity index (χ1v) is 9.64. The van der Waals surface area contributed by atoms with E-state index in [-0.39, 0.29) is 18.1 Å². The first-order chi connectivity index (χ1) is 12.2. The van der Waals surface area contributed by atoms with Crippen LogP contribution in [0.3, 0.4) is 0 Å². The summed E-state index contributed by atoms with van der Waals surface area (Å²) in [6.07, 6.45) is 5.91. The van der Waals surface area contributed by atoms with Crippen LogP contribution in [0.4, 0.5) is 0 Å². The van der Waals surface area contributed by atoms with Crippen LogP contribution in [-0.4, -0.2) is 48.3 Å². The highest BCUT2D eigenvalue weighted by molar-refractivity contribution is 5.78. The number of benzene rings is 1. The lowest BCUT2D eigenvalue weighted by Crippen LogP contribution is -2.45. The lowest BCUT2D eigenvalue weighted by Gasteiger charge is -2.39. The van der Waals surface area contributed by atoms with Crippen molar-refractivity contribution in [3.8, 4) is 5.75 Å². The van der Waals surface area contributed by atoms with Crippen LogP contribution < -0.4 is 10.1 Å². The van der Waals surface area contributed by atoms with Crippen molar-refractivity contribution >= 4 is 5.91 Å². The number of hydrogen-bond donors (Lipinski definition) is 2. The molecule has 3 aliphatic rings. The number of nitrogens with one attached hydrogen (secondary N) is 1. The van der Waals surface area contributed by atoms with Crippen LogP contribution in [0.5, 0.6) is 5.75 Å². The normalized spacial score (nSPS) is 27.1. The van der Waals surface area contributed by atoms with Gasteiger partial charge < -0.3 is 15.2 Å². The second kappa shape index (κ2) is 7.34. The van der Waals surface area contributed by atoms with Gasteiger partial charge in [0, 0.05) is 6.42 Å². The van der Waals surface area contributed by atoms with E-state index in [0.29, 0.717) is 12.5 Å². The van der Waals surface area contributed by atoms with Gasteiger partial charge in [0.15, 0.2) is 0 Å². The first-order valence-electron chi connectivity index (χ1n) is 9.64. The van der Waals surface area contributed by atoms with Gasteiger partial charge in [-0.25, -0.2) is 0 Å². The second-order valence-electron chi connectivity index (χ2n) is 7.73. The Hall–Kier alpha value is -1.59. The number of amides is 1. The molecule has 0 aromatic heterocycles. The minimum absolute atomic E-state index is 0.00779. The van der Waals surface area contributed by atoms with Gasteiger partial charge in [0.05, 0.1) is 25.3 Å². The molecule has 1 aliphatic carbocycles. The highest BCUT2D eigenvalue weighted by atomic mass is 16.5. The molecule has 1 aromatic carbocycles. The average molecular weight is 344 g/mol. The monoisotopic (exact) mass is 344 g/mol. The molecular formula is C20H28N2O3. The van der Waals surface area contributed by atoms with Gasteiger partial charge in [0.2, 0.25) is 5.91 Å². The van der Waals surface area contributed by atoms with Gasteiger partial charge in [-0.15, -0.1) is 0 Å². The molecule has 2 fully saturated rings. The van der Waals surface area contributed by atoms with Crippen LogP contribution in [0.1, 0.15) is 49.3 Å². The van der Waals surface area contributed by atoms with Crippen LogP contribution in [-0.2, 0) is 11.2 Å². The molecule has 2 aliphatic heterocycles. The Balaban J connectivity index is 1.45. The van der Waals surface area contributed by atoms with Crippen LogP contribution in [0.15, 0.2) is 18.2 Å². The molecule has 1 saturated heterocycles. The fourth-order valence-electron chi connectivity index (χ4n) is 4.32. The number of hydrogen-bond acceptors (Lipinski definition) is 4. The van der Waals surface area contributed by atoms with E-state index < -0.39 is 0 Å². The highest BCUT2D eigenvalue weighted by Gasteiger charge is 2.36. The zero-order valence-electron chi connectivity index (χ0n) is 14.7. The van der Waals surface area contributed by atoms with E-state index in [1.807, 2.05) is 6.07 Å². The number of piperidine rings is 1. The maximum absolute atomic E-state index is 12.6. The van der Waals surface area contributed by atoms with Crippen molar-refractivity contribution in [1.29, 1.82) is 0 Å². The van der Waals surface area contributed by atoms with Crippen molar-refractivity contribution in [3.63, 3.8) is 0 Å². The molecule has 2 heterocycles.